The number of nitrogen functional groups attached to an aromatic ring is 1. The molecule has 76 valence electrons. The van der Waals surface area contributed by atoms with Crippen LogP contribution in [-0.2, 0) is 4.79 Å². The summed E-state index contributed by atoms with van der Waals surface area (Å²) in [6.07, 6.45) is -1.60. The van der Waals surface area contributed by atoms with Crippen LogP contribution in [0.1, 0.15) is 11.7 Å². The maximum atomic E-state index is 10.5. The van der Waals surface area contributed by atoms with Gasteiger partial charge in [0.05, 0.1) is 5.69 Å². The summed E-state index contributed by atoms with van der Waals surface area (Å²) in [5, 5.41) is 17.9. The summed E-state index contributed by atoms with van der Waals surface area (Å²) >= 11 is 4.06. The molecule has 1 aromatic rings. The third kappa shape index (κ3) is 1.98. The number of nitrogens with two attached hydrogens (primary N) is 1. The van der Waals surface area contributed by atoms with E-state index < -0.39 is 12.1 Å². The summed E-state index contributed by atoms with van der Waals surface area (Å²) in [5.74, 6) is 3.85. The predicted molar refractivity (Wildman–Crippen MR) is 54.1 cm³/mol. The van der Waals surface area contributed by atoms with Gasteiger partial charge in [0.25, 0.3) is 0 Å². The highest BCUT2D eigenvalue weighted by atomic mass is 32.1. The van der Waals surface area contributed by atoms with Crippen LogP contribution >= 0.6 is 12.6 Å². The van der Waals surface area contributed by atoms with E-state index >= 15 is 0 Å². The molecule has 0 radical (unpaired) electrons. The molecule has 5 N–H and O–H groups in total. The van der Waals surface area contributed by atoms with Gasteiger partial charge in [-0.2, -0.15) is 0 Å². The minimum Gasteiger partial charge on any atom is -0.479 e. The summed E-state index contributed by atoms with van der Waals surface area (Å²) in [4.78, 5) is 11.0. The van der Waals surface area contributed by atoms with E-state index in [1.807, 2.05) is 0 Å². The monoisotopic (exact) mass is 214 g/mol. The molecule has 0 heterocycles. The number of aliphatic hydroxyl groups excluding tert-OH is 1. The number of carboxylic acids is 1. The molecule has 0 aliphatic heterocycles. The standard InChI is InChI=1S/C8H10N2O3S/c9-10-6-4(7(11)8(12)13)2-1-3-5(6)14/h1-3,7,10-11,14H,9H2,(H,12,13). The molecule has 1 aromatic carbocycles. The predicted octanol–water partition coefficient (Wildman–Crippen LogP) is 0.379. The van der Waals surface area contributed by atoms with Crippen molar-refractivity contribution in [2.45, 2.75) is 11.0 Å². The van der Waals surface area contributed by atoms with Crippen LogP contribution in [0.25, 0.3) is 0 Å². The molecular formula is C8H10N2O3S. The first-order valence-electron chi connectivity index (χ1n) is 3.77. The van der Waals surface area contributed by atoms with Gasteiger partial charge in [-0.15, -0.1) is 12.6 Å². The molecule has 1 atom stereocenters. The van der Waals surface area contributed by atoms with Crippen molar-refractivity contribution in [3.05, 3.63) is 23.8 Å². The van der Waals surface area contributed by atoms with Crippen LogP contribution in [0.15, 0.2) is 23.1 Å². The Kier molecular flexibility index (Phi) is 3.34. The number of hydrazine groups is 1. The highest BCUT2D eigenvalue weighted by Gasteiger charge is 2.20. The number of benzene rings is 1. The van der Waals surface area contributed by atoms with Gasteiger partial charge in [0.1, 0.15) is 0 Å². The van der Waals surface area contributed by atoms with Gasteiger partial charge < -0.3 is 15.6 Å². The zero-order chi connectivity index (χ0) is 10.7. The molecule has 14 heavy (non-hydrogen) atoms. The van der Waals surface area contributed by atoms with Gasteiger partial charge in [-0.3, -0.25) is 5.84 Å². The molecule has 5 nitrogen and oxygen atoms in total. The number of para-hydroxylation sites is 1. The topological polar surface area (TPSA) is 95.6 Å². The summed E-state index contributed by atoms with van der Waals surface area (Å²) in [7, 11) is 0. The molecule has 0 fully saturated rings. The Labute approximate surface area is 85.9 Å². The Morgan fingerprint density at radius 2 is 2.21 bits per heavy atom. The van der Waals surface area contributed by atoms with E-state index in [-0.39, 0.29) is 5.56 Å². The molecule has 0 saturated carbocycles. The van der Waals surface area contributed by atoms with Gasteiger partial charge in [-0.1, -0.05) is 12.1 Å². The Hall–Kier alpha value is -1.24. The first kappa shape index (κ1) is 10.8. The number of hydrogen-bond acceptors (Lipinski definition) is 5. The van der Waals surface area contributed by atoms with E-state index in [9.17, 15) is 9.90 Å². The Morgan fingerprint density at radius 1 is 1.57 bits per heavy atom. The van der Waals surface area contributed by atoms with Crippen LogP contribution in [0.3, 0.4) is 0 Å². The molecule has 6 heteroatoms. The number of hydrogen-bond donors (Lipinski definition) is 5. The fourth-order valence-corrected chi connectivity index (χ4v) is 1.36. The van der Waals surface area contributed by atoms with Crippen molar-refractivity contribution >= 4 is 24.3 Å². The van der Waals surface area contributed by atoms with Crippen molar-refractivity contribution in [1.82, 2.24) is 0 Å². The number of rotatable bonds is 3. The number of aliphatic hydroxyl groups is 1. The minimum absolute atomic E-state index is 0.188. The van der Waals surface area contributed by atoms with Crippen molar-refractivity contribution in [1.29, 1.82) is 0 Å². The lowest BCUT2D eigenvalue weighted by molar-refractivity contribution is -0.146. The molecule has 0 spiro atoms. The lowest BCUT2D eigenvalue weighted by atomic mass is 10.1. The first-order chi connectivity index (χ1) is 6.57. The summed E-state index contributed by atoms with van der Waals surface area (Å²) in [6.45, 7) is 0. The second-order valence-corrected chi connectivity index (χ2v) is 3.11. The second-order valence-electron chi connectivity index (χ2n) is 2.63. The third-order valence-corrected chi connectivity index (χ3v) is 2.12. The number of carboxylic acid groups (broad SMARTS) is 1. The first-order valence-corrected chi connectivity index (χ1v) is 4.22. The van der Waals surface area contributed by atoms with Gasteiger partial charge >= 0.3 is 5.97 Å². The van der Waals surface area contributed by atoms with E-state index in [1.54, 1.807) is 12.1 Å². The van der Waals surface area contributed by atoms with Crippen LogP contribution in [0.5, 0.6) is 0 Å². The van der Waals surface area contributed by atoms with Crippen molar-refractivity contribution in [2.24, 2.45) is 5.84 Å². The van der Waals surface area contributed by atoms with Gasteiger partial charge in [0.2, 0.25) is 0 Å². The lowest BCUT2D eigenvalue weighted by Gasteiger charge is -2.13. The molecule has 0 amide bonds. The lowest BCUT2D eigenvalue weighted by Crippen LogP contribution is -2.16. The molecule has 0 aliphatic rings. The number of carbonyl (C=O) groups is 1. The normalized spacial score (nSPS) is 12.2. The third-order valence-electron chi connectivity index (χ3n) is 1.75. The smallest absolute Gasteiger partial charge is 0.337 e. The van der Waals surface area contributed by atoms with Crippen LogP contribution in [0.2, 0.25) is 0 Å². The number of nitrogens with one attached hydrogen (secondary N) is 1. The zero-order valence-corrected chi connectivity index (χ0v) is 8.03. The van der Waals surface area contributed by atoms with Crippen LogP contribution in [0.4, 0.5) is 5.69 Å². The van der Waals surface area contributed by atoms with E-state index in [0.29, 0.717) is 10.6 Å². The fraction of sp³-hybridized carbons (Fsp3) is 0.125. The molecule has 1 rings (SSSR count). The van der Waals surface area contributed by atoms with Gasteiger partial charge in [-0.25, -0.2) is 4.79 Å². The quantitative estimate of drug-likeness (QED) is 0.285. The molecule has 0 bridgehead atoms. The van der Waals surface area contributed by atoms with Crippen LogP contribution in [-0.4, -0.2) is 16.2 Å². The number of thiol groups is 1. The maximum absolute atomic E-state index is 10.5. The Bertz CT molecular complexity index is 356. The van der Waals surface area contributed by atoms with Gasteiger partial charge in [-0.05, 0) is 6.07 Å². The largest absolute Gasteiger partial charge is 0.479 e. The number of anilines is 1. The average Bonchev–Trinajstić information content (AvgIpc) is 2.16. The van der Waals surface area contributed by atoms with Crippen molar-refractivity contribution in [3.63, 3.8) is 0 Å². The molecule has 1 unspecified atom stereocenters. The van der Waals surface area contributed by atoms with E-state index in [1.165, 1.54) is 6.07 Å². The zero-order valence-electron chi connectivity index (χ0n) is 7.14. The van der Waals surface area contributed by atoms with Crippen molar-refractivity contribution in [3.8, 4) is 0 Å². The molecule has 0 aromatic heterocycles. The van der Waals surface area contributed by atoms with Crippen molar-refractivity contribution < 1.29 is 15.0 Å². The van der Waals surface area contributed by atoms with Crippen LogP contribution in [0, 0.1) is 0 Å². The summed E-state index contributed by atoms with van der Waals surface area (Å²) in [6, 6.07) is 4.69. The SMILES string of the molecule is NNc1c(S)cccc1C(O)C(=O)O. The van der Waals surface area contributed by atoms with Crippen LogP contribution < -0.4 is 11.3 Å². The Balaban J connectivity index is 3.20. The van der Waals surface area contributed by atoms with Gasteiger partial charge in [0.15, 0.2) is 6.10 Å². The average molecular weight is 214 g/mol. The van der Waals surface area contributed by atoms with E-state index in [2.05, 4.69) is 18.1 Å². The summed E-state index contributed by atoms with van der Waals surface area (Å²) < 4.78 is 0. The minimum atomic E-state index is -1.60. The fourth-order valence-electron chi connectivity index (χ4n) is 1.08. The Morgan fingerprint density at radius 3 is 2.71 bits per heavy atom. The van der Waals surface area contributed by atoms with E-state index in [4.69, 9.17) is 10.9 Å². The van der Waals surface area contributed by atoms with Gasteiger partial charge in [0, 0.05) is 10.5 Å². The maximum Gasteiger partial charge on any atom is 0.337 e. The number of aliphatic carboxylic acids is 1. The van der Waals surface area contributed by atoms with E-state index in [0.717, 1.165) is 0 Å². The highest BCUT2D eigenvalue weighted by Crippen LogP contribution is 2.28. The highest BCUT2D eigenvalue weighted by molar-refractivity contribution is 7.80. The molecule has 0 saturated heterocycles. The molecule has 0 aliphatic carbocycles. The molecular weight excluding hydrogens is 204 g/mol. The summed E-state index contributed by atoms with van der Waals surface area (Å²) in [5.41, 5.74) is 2.80. The second kappa shape index (κ2) is 4.32. The van der Waals surface area contributed by atoms with Crippen molar-refractivity contribution in [2.75, 3.05) is 5.43 Å².